The van der Waals surface area contributed by atoms with Crippen molar-refractivity contribution in [2.45, 2.75) is 33.3 Å². The molecule has 1 rings (SSSR count). The molecule has 0 spiro atoms. The molecular formula is C14H21NO2. The molecule has 1 aromatic carbocycles. The van der Waals surface area contributed by atoms with Crippen molar-refractivity contribution in [3.8, 4) is 0 Å². The van der Waals surface area contributed by atoms with E-state index in [0.717, 1.165) is 12.1 Å². The summed E-state index contributed by atoms with van der Waals surface area (Å²) in [5.41, 5.74) is 0.931. The summed E-state index contributed by atoms with van der Waals surface area (Å²) >= 11 is 0. The van der Waals surface area contributed by atoms with E-state index in [1.807, 2.05) is 37.3 Å². The van der Waals surface area contributed by atoms with E-state index in [-0.39, 0.29) is 18.6 Å². The first-order valence-electron chi connectivity index (χ1n) is 6.06. The van der Waals surface area contributed by atoms with Gasteiger partial charge in [0.05, 0.1) is 6.10 Å². The number of hydrogen-bond donors (Lipinski definition) is 1. The van der Waals surface area contributed by atoms with Gasteiger partial charge in [0.2, 0.25) is 0 Å². The number of anilines is 1. The first kappa shape index (κ1) is 13.6. The molecule has 0 saturated carbocycles. The van der Waals surface area contributed by atoms with Crippen molar-refractivity contribution >= 4 is 11.7 Å². The van der Waals surface area contributed by atoms with Crippen molar-refractivity contribution < 1.29 is 9.53 Å². The van der Waals surface area contributed by atoms with Crippen LogP contribution in [0.5, 0.6) is 0 Å². The molecule has 0 heterocycles. The summed E-state index contributed by atoms with van der Waals surface area (Å²) in [5.74, 6) is 0.335. The Hall–Kier alpha value is -1.51. The van der Waals surface area contributed by atoms with Crippen LogP contribution in [0, 0.1) is 5.92 Å². The van der Waals surface area contributed by atoms with Gasteiger partial charge < -0.3 is 10.1 Å². The monoisotopic (exact) mass is 235 g/mol. The third kappa shape index (κ3) is 5.95. The van der Waals surface area contributed by atoms with E-state index in [9.17, 15) is 4.79 Å². The minimum absolute atomic E-state index is 0.0138. The van der Waals surface area contributed by atoms with Crippen LogP contribution in [0.2, 0.25) is 0 Å². The van der Waals surface area contributed by atoms with Crippen molar-refractivity contribution in [1.82, 2.24) is 0 Å². The zero-order valence-corrected chi connectivity index (χ0v) is 10.8. The molecule has 3 nitrogen and oxygen atoms in total. The van der Waals surface area contributed by atoms with Gasteiger partial charge in [0.15, 0.2) is 0 Å². The van der Waals surface area contributed by atoms with Crippen LogP contribution < -0.4 is 5.32 Å². The first-order valence-corrected chi connectivity index (χ1v) is 6.06. The van der Waals surface area contributed by atoms with Crippen molar-refractivity contribution in [2.24, 2.45) is 5.92 Å². The van der Waals surface area contributed by atoms with Crippen LogP contribution in [0.15, 0.2) is 30.3 Å². The second-order valence-corrected chi connectivity index (χ2v) is 4.65. The summed E-state index contributed by atoms with van der Waals surface area (Å²) < 4.78 is 5.28. The molecule has 0 amide bonds. The lowest BCUT2D eigenvalue weighted by atomic mass is 10.1. The van der Waals surface area contributed by atoms with Crippen LogP contribution in [0.25, 0.3) is 0 Å². The molecule has 0 bridgehead atoms. The molecule has 3 heteroatoms. The Labute approximate surface area is 103 Å². The lowest BCUT2D eigenvalue weighted by Gasteiger charge is -2.15. The second-order valence-electron chi connectivity index (χ2n) is 4.65. The lowest BCUT2D eigenvalue weighted by Crippen LogP contribution is -2.22. The number of rotatable bonds is 6. The Kier molecular flexibility index (Phi) is 5.53. The Morgan fingerprint density at radius 3 is 2.47 bits per heavy atom. The Bertz CT molecular complexity index is 335. The molecule has 0 aliphatic rings. The van der Waals surface area contributed by atoms with Gasteiger partial charge in [-0.05, 0) is 31.4 Å². The van der Waals surface area contributed by atoms with Gasteiger partial charge in [-0.25, -0.2) is 0 Å². The highest BCUT2D eigenvalue weighted by molar-refractivity contribution is 5.75. The van der Waals surface area contributed by atoms with Crippen molar-refractivity contribution in [3.05, 3.63) is 30.3 Å². The molecule has 94 valence electrons. The third-order valence-corrected chi connectivity index (χ3v) is 2.35. The summed E-state index contributed by atoms with van der Waals surface area (Å²) in [6, 6.07) is 9.63. The number of carbonyl (C=O) groups excluding carboxylic acids is 1. The highest BCUT2D eigenvalue weighted by atomic mass is 16.5. The number of esters is 1. The average Bonchev–Trinajstić information content (AvgIpc) is 2.26. The number of nitrogens with one attached hydrogen (secondary N) is 1. The highest BCUT2D eigenvalue weighted by Gasteiger charge is 2.10. The van der Waals surface area contributed by atoms with E-state index in [1.54, 1.807) is 0 Å². The molecule has 1 aromatic rings. The van der Waals surface area contributed by atoms with Crippen LogP contribution in [0.1, 0.15) is 27.2 Å². The molecule has 1 unspecified atom stereocenters. The number of benzene rings is 1. The first-order chi connectivity index (χ1) is 8.08. The van der Waals surface area contributed by atoms with E-state index in [1.165, 1.54) is 0 Å². The normalized spacial score (nSPS) is 12.2. The van der Waals surface area contributed by atoms with E-state index >= 15 is 0 Å². The zero-order chi connectivity index (χ0) is 12.7. The molecule has 0 aromatic heterocycles. The predicted octanol–water partition coefficient (Wildman–Crippen LogP) is 3.08. The fourth-order valence-corrected chi connectivity index (χ4v) is 1.71. The number of carbonyl (C=O) groups is 1. The molecular weight excluding hydrogens is 214 g/mol. The van der Waals surface area contributed by atoms with E-state index in [2.05, 4.69) is 19.2 Å². The van der Waals surface area contributed by atoms with Gasteiger partial charge in [0.1, 0.15) is 6.54 Å². The molecule has 0 aliphatic carbocycles. The molecule has 1 N–H and O–H groups in total. The molecule has 17 heavy (non-hydrogen) atoms. The van der Waals surface area contributed by atoms with Gasteiger partial charge in [-0.15, -0.1) is 0 Å². The minimum Gasteiger partial charge on any atom is -0.461 e. The Morgan fingerprint density at radius 2 is 1.88 bits per heavy atom. The maximum Gasteiger partial charge on any atom is 0.325 e. The van der Waals surface area contributed by atoms with Crippen molar-refractivity contribution in [3.63, 3.8) is 0 Å². The average molecular weight is 235 g/mol. The van der Waals surface area contributed by atoms with Crippen molar-refractivity contribution in [2.75, 3.05) is 11.9 Å². The smallest absolute Gasteiger partial charge is 0.325 e. The second kappa shape index (κ2) is 6.94. The van der Waals surface area contributed by atoms with Crippen LogP contribution in [0.4, 0.5) is 5.69 Å². The summed E-state index contributed by atoms with van der Waals surface area (Å²) in [4.78, 5) is 11.5. The number of hydrogen-bond acceptors (Lipinski definition) is 3. The predicted molar refractivity (Wildman–Crippen MR) is 69.9 cm³/mol. The molecule has 1 atom stereocenters. The van der Waals surface area contributed by atoms with E-state index in [0.29, 0.717) is 5.92 Å². The van der Waals surface area contributed by atoms with Gasteiger partial charge in [-0.2, -0.15) is 0 Å². The minimum atomic E-state index is -0.206. The largest absolute Gasteiger partial charge is 0.461 e. The molecule has 0 saturated heterocycles. The highest BCUT2D eigenvalue weighted by Crippen LogP contribution is 2.08. The van der Waals surface area contributed by atoms with Crippen LogP contribution in [-0.2, 0) is 9.53 Å². The van der Waals surface area contributed by atoms with Crippen molar-refractivity contribution in [1.29, 1.82) is 0 Å². The molecule has 0 aliphatic heterocycles. The summed E-state index contributed by atoms with van der Waals surface area (Å²) in [6.07, 6.45) is 0.886. The summed E-state index contributed by atoms with van der Waals surface area (Å²) in [7, 11) is 0. The maximum atomic E-state index is 11.5. The van der Waals surface area contributed by atoms with Crippen LogP contribution in [-0.4, -0.2) is 18.6 Å². The van der Waals surface area contributed by atoms with Gasteiger partial charge in [-0.3, -0.25) is 4.79 Å². The van der Waals surface area contributed by atoms with Gasteiger partial charge >= 0.3 is 5.97 Å². The lowest BCUT2D eigenvalue weighted by molar-refractivity contribution is -0.146. The fourth-order valence-electron chi connectivity index (χ4n) is 1.71. The fraction of sp³-hybridized carbons (Fsp3) is 0.500. The van der Waals surface area contributed by atoms with E-state index < -0.39 is 0 Å². The number of para-hydroxylation sites is 1. The van der Waals surface area contributed by atoms with Crippen LogP contribution in [0.3, 0.4) is 0 Å². The SMILES string of the molecule is CC(C)CC(C)OC(=O)CNc1ccccc1. The topological polar surface area (TPSA) is 38.3 Å². The number of ether oxygens (including phenoxy) is 1. The molecule has 0 fully saturated rings. The third-order valence-electron chi connectivity index (χ3n) is 2.35. The quantitative estimate of drug-likeness (QED) is 0.770. The Balaban J connectivity index is 2.26. The van der Waals surface area contributed by atoms with Gasteiger partial charge in [-0.1, -0.05) is 32.0 Å². The summed E-state index contributed by atoms with van der Waals surface area (Å²) in [5, 5.41) is 3.03. The van der Waals surface area contributed by atoms with Crippen LogP contribution >= 0.6 is 0 Å². The summed E-state index contributed by atoms with van der Waals surface area (Å²) in [6.45, 7) is 6.38. The van der Waals surface area contributed by atoms with Gasteiger partial charge in [0, 0.05) is 5.69 Å². The standard InChI is InChI=1S/C14H21NO2/c1-11(2)9-12(3)17-14(16)10-15-13-7-5-4-6-8-13/h4-8,11-12,15H,9-10H2,1-3H3. The van der Waals surface area contributed by atoms with E-state index in [4.69, 9.17) is 4.74 Å². The maximum absolute atomic E-state index is 11.5. The Morgan fingerprint density at radius 1 is 1.24 bits per heavy atom. The van der Waals surface area contributed by atoms with Gasteiger partial charge in [0.25, 0.3) is 0 Å². The molecule has 0 radical (unpaired) electrons. The zero-order valence-electron chi connectivity index (χ0n) is 10.8.